The lowest BCUT2D eigenvalue weighted by molar-refractivity contribution is 0.153. The first-order chi connectivity index (χ1) is 8.76. The molecule has 1 saturated heterocycles. The lowest BCUT2D eigenvalue weighted by Gasteiger charge is -2.22. The lowest BCUT2D eigenvalue weighted by Crippen LogP contribution is -2.31. The first kappa shape index (κ1) is 11.6. The van der Waals surface area contributed by atoms with Crippen LogP contribution in [0.25, 0.3) is 10.9 Å². The van der Waals surface area contributed by atoms with Crippen LogP contribution in [0.1, 0.15) is 12.0 Å². The average Bonchev–Trinajstić information content (AvgIpc) is 2.95. The van der Waals surface area contributed by atoms with Gasteiger partial charge in [-0.3, -0.25) is 10.00 Å². The van der Waals surface area contributed by atoms with Crippen LogP contribution < -0.4 is 0 Å². The van der Waals surface area contributed by atoms with E-state index in [2.05, 4.69) is 10.2 Å². The van der Waals surface area contributed by atoms with E-state index in [9.17, 15) is 9.50 Å². The number of likely N-dealkylation sites (tertiary alicyclic amines) is 1. The third-order valence-electron chi connectivity index (χ3n) is 3.58. The maximum Gasteiger partial charge on any atom is 0.114 e. The van der Waals surface area contributed by atoms with Crippen molar-refractivity contribution in [3.05, 3.63) is 30.0 Å². The summed E-state index contributed by atoms with van der Waals surface area (Å²) in [6, 6.07) is 6.00. The van der Waals surface area contributed by atoms with E-state index < -0.39 is 6.17 Å². The number of benzene rings is 1. The van der Waals surface area contributed by atoms with E-state index in [-0.39, 0.29) is 12.6 Å². The Balaban J connectivity index is 1.78. The fraction of sp³-hybridized carbons (Fsp3) is 0.462. The zero-order chi connectivity index (χ0) is 12.5. The number of halogens is 1. The summed E-state index contributed by atoms with van der Waals surface area (Å²) < 4.78 is 13.3. The van der Waals surface area contributed by atoms with Gasteiger partial charge in [0.1, 0.15) is 6.17 Å². The van der Waals surface area contributed by atoms with Crippen LogP contribution in [0.3, 0.4) is 0 Å². The van der Waals surface area contributed by atoms with Crippen molar-refractivity contribution in [1.82, 2.24) is 15.1 Å². The molecular formula is C13H16FN3O. The molecule has 2 atom stereocenters. The molecule has 5 heteroatoms. The molecule has 1 aromatic heterocycles. The van der Waals surface area contributed by atoms with Crippen molar-refractivity contribution in [1.29, 1.82) is 0 Å². The van der Waals surface area contributed by atoms with E-state index in [1.165, 1.54) is 0 Å². The molecule has 18 heavy (non-hydrogen) atoms. The van der Waals surface area contributed by atoms with Gasteiger partial charge in [0.05, 0.1) is 18.3 Å². The van der Waals surface area contributed by atoms with Gasteiger partial charge in [0.2, 0.25) is 0 Å². The molecule has 0 aliphatic carbocycles. The van der Waals surface area contributed by atoms with Crippen molar-refractivity contribution >= 4 is 10.9 Å². The number of fused-ring (bicyclic) bond motifs is 1. The SMILES string of the molecule is OC[C@@H]1C[C@H](F)CN1Cc1ccc2cn[nH]c2c1. The van der Waals surface area contributed by atoms with E-state index in [0.717, 1.165) is 16.5 Å². The minimum atomic E-state index is -0.821. The summed E-state index contributed by atoms with van der Waals surface area (Å²) in [6.45, 7) is 1.10. The molecule has 0 amide bonds. The molecule has 4 nitrogen and oxygen atoms in total. The number of alkyl halides is 1. The fourth-order valence-electron chi connectivity index (χ4n) is 2.62. The maximum absolute atomic E-state index is 13.3. The van der Waals surface area contributed by atoms with Crippen LogP contribution >= 0.6 is 0 Å². The quantitative estimate of drug-likeness (QED) is 0.866. The minimum Gasteiger partial charge on any atom is -0.395 e. The van der Waals surface area contributed by atoms with E-state index in [0.29, 0.717) is 19.5 Å². The van der Waals surface area contributed by atoms with E-state index in [1.807, 2.05) is 23.1 Å². The molecule has 3 rings (SSSR count). The van der Waals surface area contributed by atoms with Crippen LogP contribution in [-0.4, -0.2) is 45.6 Å². The monoisotopic (exact) mass is 249 g/mol. The first-order valence-electron chi connectivity index (χ1n) is 6.17. The number of nitrogens with zero attached hydrogens (tertiary/aromatic N) is 2. The van der Waals surface area contributed by atoms with Crippen molar-refractivity contribution in [2.75, 3.05) is 13.2 Å². The van der Waals surface area contributed by atoms with Crippen LogP contribution in [0.2, 0.25) is 0 Å². The van der Waals surface area contributed by atoms with Crippen LogP contribution in [0, 0.1) is 0 Å². The normalized spacial score (nSPS) is 25.0. The largest absolute Gasteiger partial charge is 0.395 e. The number of hydrogen-bond donors (Lipinski definition) is 2. The molecule has 2 aromatic rings. The van der Waals surface area contributed by atoms with E-state index >= 15 is 0 Å². The van der Waals surface area contributed by atoms with Gasteiger partial charge in [0, 0.05) is 24.5 Å². The second kappa shape index (κ2) is 4.66. The molecule has 0 spiro atoms. The summed E-state index contributed by atoms with van der Waals surface area (Å²) in [7, 11) is 0. The molecule has 1 aromatic carbocycles. The summed E-state index contributed by atoms with van der Waals surface area (Å²) >= 11 is 0. The van der Waals surface area contributed by atoms with Gasteiger partial charge in [-0.25, -0.2) is 4.39 Å². The highest BCUT2D eigenvalue weighted by atomic mass is 19.1. The number of hydrogen-bond acceptors (Lipinski definition) is 3. The highest BCUT2D eigenvalue weighted by Gasteiger charge is 2.31. The Labute approximate surface area is 104 Å². The van der Waals surface area contributed by atoms with Crippen molar-refractivity contribution in [3.63, 3.8) is 0 Å². The molecule has 2 heterocycles. The summed E-state index contributed by atoms with van der Waals surface area (Å²) in [5.74, 6) is 0. The number of H-pyrrole nitrogens is 1. The van der Waals surface area contributed by atoms with Crippen molar-refractivity contribution in [3.8, 4) is 0 Å². The second-order valence-electron chi connectivity index (χ2n) is 4.89. The van der Waals surface area contributed by atoms with Gasteiger partial charge in [-0.2, -0.15) is 5.10 Å². The summed E-state index contributed by atoms with van der Waals surface area (Å²) in [4.78, 5) is 2.00. The number of aliphatic hydroxyl groups is 1. The number of rotatable bonds is 3. The molecule has 2 N–H and O–H groups in total. The third kappa shape index (κ3) is 2.11. The Bertz CT molecular complexity index is 542. The first-order valence-corrected chi connectivity index (χ1v) is 6.17. The smallest absolute Gasteiger partial charge is 0.114 e. The molecule has 0 radical (unpaired) electrons. The lowest BCUT2D eigenvalue weighted by atomic mass is 10.1. The van der Waals surface area contributed by atoms with E-state index in [1.54, 1.807) is 6.20 Å². The molecule has 1 fully saturated rings. The van der Waals surface area contributed by atoms with Gasteiger partial charge in [0.25, 0.3) is 0 Å². The van der Waals surface area contributed by atoms with Gasteiger partial charge < -0.3 is 5.11 Å². The van der Waals surface area contributed by atoms with Crippen LogP contribution in [0.4, 0.5) is 4.39 Å². The Morgan fingerprint density at radius 3 is 3.22 bits per heavy atom. The highest BCUT2D eigenvalue weighted by Crippen LogP contribution is 2.23. The number of nitrogens with one attached hydrogen (secondary N) is 1. The zero-order valence-corrected chi connectivity index (χ0v) is 10.0. The average molecular weight is 249 g/mol. The Hall–Kier alpha value is -1.46. The van der Waals surface area contributed by atoms with Gasteiger partial charge in [-0.1, -0.05) is 12.1 Å². The number of aliphatic hydroxyl groups excluding tert-OH is 1. The molecule has 0 bridgehead atoms. The third-order valence-corrected chi connectivity index (χ3v) is 3.58. The van der Waals surface area contributed by atoms with Gasteiger partial charge in [0.15, 0.2) is 0 Å². The number of aromatic amines is 1. The van der Waals surface area contributed by atoms with Crippen molar-refractivity contribution < 1.29 is 9.50 Å². The van der Waals surface area contributed by atoms with Gasteiger partial charge in [-0.15, -0.1) is 0 Å². The molecule has 1 aliphatic heterocycles. The van der Waals surface area contributed by atoms with E-state index in [4.69, 9.17) is 0 Å². The molecule has 0 saturated carbocycles. The van der Waals surface area contributed by atoms with Crippen LogP contribution in [0.15, 0.2) is 24.4 Å². The molecule has 96 valence electrons. The predicted molar refractivity (Wildman–Crippen MR) is 66.9 cm³/mol. The number of aromatic nitrogens is 2. The van der Waals surface area contributed by atoms with Crippen LogP contribution in [-0.2, 0) is 6.54 Å². The van der Waals surface area contributed by atoms with Crippen LogP contribution in [0.5, 0.6) is 0 Å². The van der Waals surface area contributed by atoms with Gasteiger partial charge in [-0.05, 0) is 18.1 Å². The maximum atomic E-state index is 13.3. The molecule has 0 unspecified atom stereocenters. The summed E-state index contributed by atoms with van der Waals surface area (Å²) in [5.41, 5.74) is 2.10. The van der Waals surface area contributed by atoms with Gasteiger partial charge >= 0.3 is 0 Å². The van der Waals surface area contributed by atoms with Crippen molar-refractivity contribution in [2.24, 2.45) is 0 Å². The van der Waals surface area contributed by atoms with Crippen molar-refractivity contribution in [2.45, 2.75) is 25.2 Å². The highest BCUT2D eigenvalue weighted by molar-refractivity contribution is 5.78. The topological polar surface area (TPSA) is 52.1 Å². The minimum absolute atomic E-state index is 0.0206. The fourth-order valence-corrected chi connectivity index (χ4v) is 2.62. The molecule has 1 aliphatic rings. The molecular weight excluding hydrogens is 233 g/mol. The summed E-state index contributed by atoms with van der Waals surface area (Å²) in [6.07, 6.45) is 1.39. The second-order valence-corrected chi connectivity index (χ2v) is 4.89. The Kier molecular flexibility index (Phi) is 3.01. The standard InChI is InChI=1S/C13H16FN3O/c14-11-4-12(8-18)17(7-11)6-9-1-2-10-5-15-16-13(10)3-9/h1-3,5,11-12,18H,4,6-8H2,(H,15,16)/t11-,12-/m0/s1. The summed E-state index contributed by atoms with van der Waals surface area (Å²) in [5, 5.41) is 17.2. The Morgan fingerprint density at radius 2 is 2.39 bits per heavy atom. The Morgan fingerprint density at radius 1 is 1.50 bits per heavy atom. The predicted octanol–water partition coefficient (Wildman–Crippen LogP) is 1.47. The zero-order valence-electron chi connectivity index (χ0n) is 10.0.